The minimum atomic E-state index is -4.81. The van der Waals surface area contributed by atoms with E-state index in [1.165, 1.54) is 4.31 Å². The molecule has 2 fully saturated rings. The van der Waals surface area contributed by atoms with Crippen LogP contribution in [0.15, 0.2) is 6.20 Å². The molecule has 2 aliphatic rings. The van der Waals surface area contributed by atoms with Crippen LogP contribution in [0.4, 0.5) is 31.0 Å². The van der Waals surface area contributed by atoms with Gasteiger partial charge in [-0.15, -0.1) is 0 Å². The van der Waals surface area contributed by atoms with Gasteiger partial charge in [0, 0.05) is 45.5 Å². The van der Waals surface area contributed by atoms with E-state index in [0.29, 0.717) is 26.3 Å². The Balaban J connectivity index is 1.76. The van der Waals surface area contributed by atoms with E-state index in [-0.39, 0.29) is 43.9 Å². The van der Waals surface area contributed by atoms with Crippen molar-refractivity contribution in [3.05, 3.63) is 11.9 Å². The second-order valence-electron chi connectivity index (χ2n) is 7.50. The number of nitrogens with zero attached hydrogens (tertiary/aromatic N) is 8. The number of hydrogen-bond donors (Lipinski definition) is 1. The van der Waals surface area contributed by atoms with Crippen LogP contribution in [0.3, 0.4) is 0 Å². The summed E-state index contributed by atoms with van der Waals surface area (Å²) in [5.74, 6) is -0.446. The molecule has 4 heterocycles. The second kappa shape index (κ2) is 8.83. The van der Waals surface area contributed by atoms with Gasteiger partial charge in [0.1, 0.15) is 0 Å². The molecule has 0 atom stereocenters. The van der Waals surface area contributed by atoms with Gasteiger partial charge in [-0.2, -0.15) is 32.4 Å². The molecule has 0 aromatic carbocycles. The second-order valence-corrected chi connectivity index (χ2v) is 9.48. The zero-order valence-electron chi connectivity index (χ0n) is 17.7. The van der Waals surface area contributed by atoms with Crippen molar-refractivity contribution in [3.63, 3.8) is 0 Å². The molecule has 0 bridgehead atoms. The number of morpholine rings is 1. The van der Waals surface area contributed by atoms with Crippen molar-refractivity contribution in [1.29, 1.82) is 0 Å². The number of nitrogen functional groups attached to an aromatic ring is 1. The first-order valence-corrected chi connectivity index (χ1v) is 11.9. The van der Waals surface area contributed by atoms with Crippen molar-refractivity contribution < 1.29 is 26.3 Å². The Bertz CT molecular complexity index is 1120. The molecule has 0 unspecified atom stereocenters. The summed E-state index contributed by atoms with van der Waals surface area (Å²) >= 11 is 0. The van der Waals surface area contributed by atoms with E-state index in [9.17, 15) is 21.6 Å². The SMILES string of the molecule is CS(=O)(=O)N1CCN(c2nc(-c3cnc(N)nc3C(F)(F)F)nc(N3CCOCC3)n2)CC1. The number of anilines is 3. The highest BCUT2D eigenvalue weighted by Crippen LogP contribution is 2.35. The van der Waals surface area contributed by atoms with Gasteiger partial charge < -0.3 is 20.3 Å². The van der Waals surface area contributed by atoms with Crippen LogP contribution in [0.5, 0.6) is 0 Å². The summed E-state index contributed by atoms with van der Waals surface area (Å²) in [6, 6.07) is 0. The predicted molar refractivity (Wildman–Crippen MR) is 112 cm³/mol. The fourth-order valence-electron chi connectivity index (χ4n) is 3.52. The highest BCUT2D eigenvalue weighted by molar-refractivity contribution is 7.88. The van der Waals surface area contributed by atoms with Crippen molar-refractivity contribution in [2.24, 2.45) is 0 Å². The molecule has 0 spiro atoms. The Morgan fingerprint density at radius 2 is 1.52 bits per heavy atom. The van der Waals surface area contributed by atoms with Gasteiger partial charge in [0.05, 0.1) is 25.0 Å². The molecule has 2 aromatic rings. The largest absolute Gasteiger partial charge is 0.434 e. The molecule has 16 heteroatoms. The number of rotatable bonds is 4. The molecule has 12 nitrogen and oxygen atoms in total. The number of nitrogens with two attached hydrogens (primary N) is 1. The number of piperazine rings is 1. The maximum absolute atomic E-state index is 13.7. The predicted octanol–water partition coefficient (Wildman–Crippen LogP) is -0.152. The number of alkyl halides is 3. The van der Waals surface area contributed by atoms with Gasteiger partial charge >= 0.3 is 6.18 Å². The third-order valence-corrected chi connectivity index (χ3v) is 6.52. The Hall–Kier alpha value is -2.85. The van der Waals surface area contributed by atoms with Crippen LogP contribution in [-0.2, 0) is 20.9 Å². The maximum atomic E-state index is 13.7. The highest BCUT2D eigenvalue weighted by atomic mass is 32.2. The first kappa shape index (κ1) is 23.3. The van der Waals surface area contributed by atoms with Gasteiger partial charge in [0.15, 0.2) is 11.5 Å². The zero-order chi connectivity index (χ0) is 23.8. The minimum absolute atomic E-state index is 0.139. The van der Waals surface area contributed by atoms with E-state index in [1.807, 2.05) is 0 Å². The van der Waals surface area contributed by atoms with Crippen LogP contribution in [0.1, 0.15) is 5.69 Å². The van der Waals surface area contributed by atoms with Crippen LogP contribution < -0.4 is 15.5 Å². The lowest BCUT2D eigenvalue weighted by Crippen LogP contribution is -2.49. The number of ether oxygens (including phenoxy) is 1. The standard InChI is InChI=1S/C17H22F3N9O3S/c1-33(30,31)29-4-2-27(3-5-29)15-24-13(25-16(26-15)28-6-8-32-9-7-28)11-10-22-14(21)23-12(11)17(18,19)20/h10H,2-9H2,1H3,(H2,21,22,23). The fourth-order valence-corrected chi connectivity index (χ4v) is 4.34. The lowest BCUT2D eigenvalue weighted by molar-refractivity contribution is -0.140. The molecule has 4 rings (SSSR count). The fraction of sp³-hybridized carbons (Fsp3) is 0.588. The Morgan fingerprint density at radius 1 is 0.939 bits per heavy atom. The van der Waals surface area contributed by atoms with E-state index >= 15 is 0 Å². The third kappa shape index (κ3) is 5.22. The van der Waals surface area contributed by atoms with Crippen LogP contribution in [-0.4, -0.2) is 96.4 Å². The molecule has 2 saturated heterocycles. The van der Waals surface area contributed by atoms with Crippen molar-refractivity contribution in [1.82, 2.24) is 29.2 Å². The molecule has 2 aromatic heterocycles. The van der Waals surface area contributed by atoms with E-state index < -0.39 is 33.4 Å². The van der Waals surface area contributed by atoms with Gasteiger partial charge in [0.2, 0.25) is 27.9 Å². The average molecular weight is 489 g/mol. The van der Waals surface area contributed by atoms with Gasteiger partial charge in [-0.05, 0) is 0 Å². The number of halogens is 3. The third-order valence-electron chi connectivity index (χ3n) is 5.21. The summed E-state index contributed by atoms with van der Waals surface area (Å²) in [4.78, 5) is 23.6. The normalized spacial score (nSPS) is 18.5. The van der Waals surface area contributed by atoms with Crippen molar-refractivity contribution in [2.45, 2.75) is 6.18 Å². The van der Waals surface area contributed by atoms with E-state index in [0.717, 1.165) is 12.5 Å². The highest BCUT2D eigenvalue weighted by Gasteiger charge is 2.38. The lowest BCUT2D eigenvalue weighted by Gasteiger charge is -2.34. The Morgan fingerprint density at radius 3 is 2.06 bits per heavy atom. The van der Waals surface area contributed by atoms with Crippen molar-refractivity contribution in [2.75, 3.05) is 74.3 Å². The van der Waals surface area contributed by atoms with Crippen LogP contribution in [0.25, 0.3) is 11.4 Å². The van der Waals surface area contributed by atoms with E-state index in [4.69, 9.17) is 10.5 Å². The molecule has 0 saturated carbocycles. The molecule has 2 aliphatic heterocycles. The summed E-state index contributed by atoms with van der Waals surface area (Å²) in [5, 5.41) is 0. The summed E-state index contributed by atoms with van der Waals surface area (Å²) < 4.78 is 71.3. The first-order chi connectivity index (χ1) is 15.5. The quantitative estimate of drug-likeness (QED) is 0.612. The maximum Gasteiger partial charge on any atom is 0.434 e. The van der Waals surface area contributed by atoms with Crippen molar-refractivity contribution in [3.8, 4) is 11.4 Å². The molecule has 0 amide bonds. The molecule has 0 radical (unpaired) electrons. The molecule has 33 heavy (non-hydrogen) atoms. The average Bonchev–Trinajstić information content (AvgIpc) is 2.78. The Labute approximate surface area is 187 Å². The zero-order valence-corrected chi connectivity index (χ0v) is 18.5. The molecule has 180 valence electrons. The summed E-state index contributed by atoms with van der Waals surface area (Å²) in [6.07, 6.45) is -2.74. The van der Waals surface area contributed by atoms with E-state index in [2.05, 4.69) is 24.9 Å². The van der Waals surface area contributed by atoms with Gasteiger partial charge in [-0.1, -0.05) is 0 Å². The summed E-state index contributed by atoms with van der Waals surface area (Å²) in [7, 11) is -3.36. The summed E-state index contributed by atoms with van der Waals surface area (Å²) in [5.41, 5.74) is 3.71. The molecule has 2 N–H and O–H groups in total. The monoisotopic (exact) mass is 489 g/mol. The molecule has 0 aliphatic carbocycles. The molecular formula is C17H22F3N9O3S. The number of aromatic nitrogens is 5. The van der Waals surface area contributed by atoms with E-state index in [1.54, 1.807) is 9.80 Å². The lowest BCUT2D eigenvalue weighted by atomic mass is 10.2. The Kier molecular flexibility index (Phi) is 6.24. The van der Waals surface area contributed by atoms with Gasteiger partial charge in [-0.25, -0.2) is 18.4 Å². The van der Waals surface area contributed by atoms with Crippen LogP contribution in [0.2, 0.25) is 0 Å². The van der Waals surface area contributed by atoms with Crippen LogP contribution in [0, 0.1) is 0 Å². The van der Waals surface area contributed by atoms with Gasteiger partial charge in [-0.3, -0.25) is 0 Å². The summed E-state index contributed by atoms with van der Waals surface area (Å²) in [6.45, 7) is 2.68. The first-order valence-electron chi connectivity index (χ1n) is 10.0. The minimum Gasteiger partial charge on any atom is -0.378 e. The number of hydrogen-bond acceptors (Lipinski definition) is 11. The topological polar surface area (TPSA) is 144 Å². The van der Waals surface area contributed by atoms with Gasteiger partial charge in [0.25, 0.3) is 0 Å². The van der Waals surface area contributed by atoms with Crippen LogP contribution >= 0.6 is 0 Å². The smallest absolute Gasteiger partial charge is 0.378 e. The molecular weight excluding hydrogens is 467 g/mol. The number of sulfonamides is 1. The van der Waals surface area contributed by atoms with Crippen molar-refractivity contribution >= 4 is 27.9 Å².